The van der Waals surface area contributed by atoms with Gasteiger partial charge in [-0.1, -0.05) is 156 Å². The van der Waals surface area contributed by atoms with Gasteiger partial charge in [-0.2, -0.15) is 5.10 Å². The third kappa shape index (κ3) is 30.5. The van der Waals surface area contributed by atoms with Gasteiger partial charge in [-0.25, -0.2) is 37.9 Å². The highest BCUT2D eigenvalue weighted by Gasteiger charge is 2.31. The van der Waals surface area contributed by atoms with E-state index in [9.17, 15) is 57.5 Å². The van der Waals surface area contributed by atoms with E-state index in [0.717, 1.165) is 105 Å². The number of thiazole rings is 1. The van der Waals surface area contributed by atoms with Crippen LogP contribution in [-0.4, -0.2) is 132 Å². The van der Waals surface area contributed by atoms with Crippen LogP contribution in [-0.2, 0) is 42.9 Å². The van der Waals surface area contributed by atoms with Gasteiger partial charge in [0, 0.05) is 79.9 Å². The van der Waals surface area contributed by atoms with Crippen molar-refractivity contribution in [3.05, 3.63) is 355 Å². The number of carbonyl (C=O) groups excluding carboxylic acids is 12. The number of para-hydroxylation sites is 1. The predicted molar refractivity (Wildman–Crippen MR) is 551 cm³/mol. The van der Waals surface area contributed by atoms with Gasteiger partial charge in [-0.05, 0) is 246 Å². The lowest BCUT2D eigenvalue weighted by Gasteiger charge is -2.32. The van der Waals surface area contributed by atoms with Gasteiger partial charge in [0.25, 0.3) is 59.1 Å². The molecule has 768 valence electrons. The highest BCUT2D eigenvalue weighted by Crippen LogP contribution is 2.35. The van der Waals surface area contributed by atoms with Gasteiger partial charge in [-0.15, -0.1) is 22.7 Å². The van der Waals surface area contributed by atoms with Crippen molar-refractivity contribution in [3.63, 3.8) is 0 Å². The summed E-state index contributed by atoms with van der Waals surface area (Å²) in [5.74, 6) is -3.83. The molecule has 0 fully saturated rings. The number of rotatable bonds is 28. The summed E-state index contributed by atoms with van der Waals surface area (Å²) in [4.78, 5) is 153. The molecule has 14 rings (SSSR count). The quantitative estimate of drug-likeness (QED) is 0.0160. The SMILES string of the molecule is CC(C)(C)C(NC(=O)c1cccs1)c1ccc(C(=O)NO)cc1.CC(NC(=O)c1cc2ccccc2n1C)c1cccc(C(=O)NO)c1.CCc1cc(C(=O)NC(C)c2cccc(C(=O)NO)c2)n(C)n1.Cc1[nH]c2c(C)ccc(C)c2c1CC(=O)NC(c1ccc(C(=O)NO)cc1)C(C)C.Cc1nc(CC(=O)NC(C)c2ccc(C(=O)NO)cc2)c(C)s1.Cc1noc(C)c1C(=O)NC(C)c1cccc(C(=O)NO)c1. The number of hydrogen-bond acceptors (Lipinski definition) is 24. The Balaban J connectivity index is 0.000000196. The molecule has 146 heavy (non-hydrogen) atoms. The van der Waals surface area contributed by atoms with Gasteiger partial charge in [0.2, 0.25) is 11.8 Å². The molecule has 14 aromatic rings. The highest BCUT2D eigenvalue weighted by molar-refractivity contribution is 7.12. The number of benzene rings is 8. The second-order valence-corrected chi connectivity index (χ2v) is 38.3. The fraction of sp³-hybridized carbons (Fsp3) is 0.280. The Morgan fingerprint density at radius 3 is 1.32 bits per heavy atom. The van der Waals surface area contributed by atoms with Crippen LogP contribution in [0.2, 0.25) is 0 Å². The van der Waals surface area contributed by atoms with Crippen LogP contribution in [0, 0.1) is 59.8 Å². The molecular formula is C107H124N18O19S2. The zero-order valence-electron chi connectivity index (χ0n) is 84.4. The number of hydrogen-bond donors (Lipinski definition) is 19. The average molecular weight is 2030 g/mol. The first kappa shape index (κ1) is 114. The molecule has 6 aromatic heterocycles. The number of aryl methyl sites for hydroxylation is 10. The van der Waals surface area contributed by atoms with Crippen LogP contribution in [0.15, 0.2) is 216 Å². The Labute approximate surface area is 852 Å². The van der Waals surface area contributed by atoms with Crippen LogP contribution >= 0.6 is 22.7 Å². The monoisotopic (exact) mass is 2030 g/mol. The van der Waals surface area contributed by atoms with Crippen LogP contribution in [0.3, 0.4) is 0 Å². The molecule has 0 aliphatic rings. The minimum absolute atomic E-state index is 0.0456. The summed E-state index contributed by atoms with van der Waals surface area (Å²) in [5.41, 5.74) is 26.4. The van der Waals surface area contributed by atoms with Crippen molar-refractivity contribution in [2.45, 2.75) is 173 Å². The molecule has 0 saturated carbocycles. The summed E-state index contributed by atoms with van der Waals surface area (Å²) in [7, 11) is 3.58. The van der Waals surface area contributed by atoms with Gasteiger partial charge in [-0.3, -0.25) is 93.5 Å². The zero-order valence-corrected chi connectivity index (χ0v) is 86.0. The molecule has 8 aromatic carbocycles. The zero-order chi connectivity index (χ0) is 107. The number of aromatic nitrogens is 6. The van der Waals surface area contributed by atoms with E-state index in [0.29, 0.717) is 73.1 Å². The number of thiophene rings is 1. The van der Waals surface area contributed by atoms with Crippen LogP contribution in [0.4, 0.5) is 0 Å². The smallest absolute Gasteiger partial charge is 0.274 e. The van der Waals surface area contributed by atoms with Gasteiger partial charge >= 0.3 is 0 Å². The van der Waals surface area contributed by atoms with Gasteiger partial charge in [0.15, 0.2) is 0 Å². The minimum atomic E-state index is -0.605. The van der Waals surface area contributed by atoms with E-state index < -0.39 is 35.4 Å². The Hall–Kier alpha value is -16.0. The molecule has 6 unspecified atom stereocenters. The minimum Gasteiger partial charge on any atom is -0.361 e. The molecule has 0 spiro atoms. The van der Waals surface area contributed by atoms with Crippen LogP contribution < -0.4 is 64.8 Å². The topological polar surface area (TPSA) is 548 Å². The van der Waals surface area contributed by atoms with Crippen molar-refractivity contribution in [3.8, 4) is 0 Å². The first-order valence-electron chi connectivity index (χ1n) is 46.5. The standard InChI is InChI=1S/C24H29N3O3.C19H19N3O3.C17H20N2O3S.C16H20N4O3.C16H19N3O3S.C15H17N3O4/c1-13(2)22(17-8-10-18(11-9-17)24(29)27-30)26-20(28)12-19-16(5)25-23-15(4)7-6-14(3)21(19)23;1-12(13-7-5-8-15(10-13)18(23)21-25)20-19(24)17-11-14-6-3-4-9-16(14)22(17)2;1-17(2,3)14(18-16(21)13-5-4-10-23-13)11-6-8-12(9-7-11)15(20)19-22;1-4-13-9-14(20(3)18-13)16(22)17-10(2)11-6-5-7-12(8-11)15(21)19-23;1-9(12-4-6-13(7-5-12)16(21)19-22)17-15(20)8-14-10(2)23-11(3)18-14;1-8(11-5-4-6-12(7-11)14(19)17-21)16-15(20)13-9(2)18-22-10(13)3/h6-11,13,22,25,30H,12H2,1-5H3,(H,26,28)(H,27,29);3-12,25H,1-2H3,(H,20,24)(H,21,23);4-10,14,22H,1-3H3,(H,18,21)(H,19,20);5-10,23H,4H2,1-3H3,(H,17,22)(H,19,21);4-7,9,22H,8H2,1-3H3,(H,17,20)(H,19,21);4-8,21H,1-3H3,(H,16,20)(H,17,19). The van der Waals surface area contributed by atoms with Gasteiger partial charge in [0.05, 0.1) is 76.1 Å². The van der Waals surface area contributed by atoms with E-state index in [1.807, 2.05) is 143 Å². The van der Waals surface area contributed by atoms with E-state index in [-0.39, 0.29) is 89.4 Å². The molecule has 0 aliphatic heterocycles. The highest BCUT2D eigenvalue weighted by atomic mass is 32.1. The van der Waals surface area contributed by atoms with Crippen molar-refractivity contribution in [2.75, 3.05) is 0 Å². The lowest BCUT2D eigenvalue weighted by atomic mass is 9.82. The van der Waals surface area contributed by atoms with Crippen molar-refractivity contribution >= 4 is 115 Å². The summed E-state index contributed by atoms with van der Waals surface area (Å²) < 4.78 is 8.38. The number of nitrogens with one attached hydrogen (secondary N) is 13. The Morgan fingerprint density at radius 2 is 0.890 bits per heavy atom. The molecule has 6 heterocycles. The summed E-state index contributed by atoms with van der Waals surface area (Å²) in [6, 6.07) is 58.2. The second kappa shape index (κ2) is 52.8. The van der Waals surface area contributed by atoms with E-state index in [1.165, 1.54) is 11.3 Å². The molecule has 0 aliphatic carbocycles. The van der Waals surface area contributed by atoms with Crippen molar-refractivity contribution in [1.29, 1.82) is 0 Å². The first-order valence-corrected chi connectivity index (χ1v) is 48.2. The molecule has 39 heteroatoms. The maximum Gasteiger partial charge on any atom is 0.274 e. The summed E-state index contributed by atoms with van der Waals surface area (Å²) in [6.45, 7) is 32.9. The van der Waals surface area contributed by atoms with E-state index in [4.69, 9.17) is 35.8 Å². The number of aromatic amines is 1. The molecular weight excluding hydrogens is 1910 g/mol. The fourth-order valence-corrected chi connectivity index (χ4v) is 17.3. The third-order valence-corrected chi connectivity index (χ3v) is 25.7. The normalized spacial score (nSPS) is 12.0. The maximum absolute atomic E-state index is 13.0. The van der Waals surface area contributed by atoms with Gasteiger partial charge < -0.3 is 46.0 Å². The molecule has 6 atom stereocenters. The number of carbonyl (C=O) groups is 12. The lowest BCUT2D eigenvalue weighted by Crippen LogP contribution is -2.36. The second-order valence-electron chi connectivity index (χ2n) is 35.9. The van der Waals surface area contributed by atoms with Crippen molar-refractivity contribution < 1.29 is 93.3 Å². The van der Waals surface area contributed by atoms with E-state index in [2.05, 4.69) is 78.1 Å². The molecule has 12 amide bonds. The summed E-state index contributed by atoms with van der Waals surface area (Å²) in [5, 5.41) is 82.9. The summed E-state index contributed by atoms with van der Waals surface area (Å²) in [6.07, 6.45) is 1.31. The molecule has 0 saturated heterocycles. The van der Waals surface area contributed by atoms with E-state index in [1.54, 1.807) is 228 Å². The molecule has 19 N–H and O–H groups in total. The Kier molecular flexibility index (Phi) is 41.1. The van der Waals surface area contributed by atoms with E-state index >= 15 is 0 Å². The van der Waals surface area contributed by atoms with Crippen LogP contribution in [0.1, 0.15) is 297 Å². The molecule has 0 radical (unpaired) electrons. The first-order chi connectivity index (χ1) is 69.3. The largest absolute Gasteiger partial charge is 0.361 e. The van der Waals surface area contributed by atoms with Gasteiger partial charge in [0.1, 0.15) is 22.7 Å². The van der Waals surface area contributed by atoms with Crippen LogP contribution in [0.25, 0.3) is 21.8 Å². The third-order valence-electron chi connectivity index (χ3n) is 23.9. The Morgan fingerprint density at radius 1 is 0.438 bits per heavy atom. The average Bonchev–Trinajstić information content (AvgIpc) is 1.62. The number of amides is 12. The number of H-pyrrole nitrogens is 1. The lowest BCUT2D eigenvalue weighted by molar-refractivity contribution is -0.122. The Bertz CT molecular complexity index is 6940. The van der Waals surface area contributed by atoms with Crippen molar-refractivity contribution in [2.24, 2.45) is 25.4 Å². The maximum atomic E-state index is 13.0. The number of nitrogens with zero attached hydrogens (tertiary/aromatic N) is 5. The van der Waals surface area contributed by atoms with Crippen LogP contribution in [0.5, 0.6) is 0 Å². The number of fused-ring (bicyclic) bond motifs is 2. The number of hydroxylamine groups is 6. The summed E-state index contributed by atoms with van der Waals surface area (Å²) >= 11 is 2.98. The predicted octanol–water partition coefficient (Wildman–Crippen LogP) is 16.2. The van der Waals surface area contributed by atoms with Crippen molar-refractivity contribution in [1.82, 2.24) is 94.3 Å². The molecule has 37 nitrogen and oxygen atoms in total. The fourth-order valence-electron chi connectivity index (χ4n) is 15.8. The molecule has 0 bridgehead atoms.